The van der Waals surface area contributed by atoms with Gasteiger partial charge in [-0.2, -0.15) is 0 Å². The van der Waals surface area contributed by atoms with E-state index in [0.29, 0.717) is 0 Å². The molecule has 2 nitrogen and oxygen atoms in total. The molecule has 0 fully saturated rings. The zero-order valence-corrected chi connectivity index (χ0v) is 11.5. The van der Waals surface area contributed by atoms with E-state index in [4.69, 9.17) is 0 Å². The summed E-state index contributed by atoms with van der Waals surface area (Å²) < 4.78 is 0. The van der Waals surface area contributed by atoms with Crippen molar-refractivity contribution in [1.29, 1.82) is 0 Å². The Morgan fingerprint density at radius 3 is 2.29 bits per heavy atom. The molecular formula is C15H26N2. The monoisotopic (exact) mass is 234 g/mol. The van der Waals surface area contributed by atoms with Gasteiger partial charge in [0, 0.05) is 25.3 Å². The van der Waals surface area contributed by atoms with Crippen LogP contribution in [0.4, 0.5) is 5.69 Å². The minimum absolute atomic E-state index is 1.05. The van der Waals surface area contributed by atoms with E-state index in [1.165, 1.54) is 24.1 Å². The molecule has 0 bridgehead atoms. The molecule has 0 aliphatic carbocycles. The summed E-state index contributed by atoms with van der Waals surface area (Å²) in [5, 5.41) is 3.37. The number of anilines is 1. The van der Waals surface area contributed by atoms with Gasteiger partial charge in [0.15, 0.2) is 0 Å². The van der Waals surface area contributed by atoms with E-state index >= 15 is 0 Å². The fraction of sp³-hybridized carbons (Fsp3) is 0.600. The van der Waals surface area contributed by atoms with Gasteiger partial charge < -0.3 is 10.2 Å². The van der Waals surface area contributed by atoms with Crippen LogP contribution in [0, 0.1) is 0 Å². The Morgan fingerprint density at radius 1 is 1.06 bits per heavy atom. The van der Waals surface area contributed by atoms with Crippen molar-refractivity contribution in [2.24, 2.45) is 0 Å². The van der Waals surface area contributed by atoms with Gasteiger partial charge >= 0.3 is 0 Å². The third-order valence-electron chi connectivity index (χ3n) is 3.03. The molecule has 0 aromatic heterocycles. The van der Waals surface area contributed by atoms with Crippen LogP contribution in [0.2, 0.25) is 0 Å². The molecule has 0 spiro atoms. The van der Waals surface area contributed by atoms with Crippen molar-refractivity contribution >= 4 is 5.69 Å². The van der Waals surface area contributed by atoms with Gasteiger partial charge in [-0.15, -0.1) is 0 Å². The first-order chi connectivity index (χ1) is 8.31. The number of hydrogen-bond acceptors (Lipinski definition) is 2. The van der Waals surface area contributed by atoms with Crippen molar-refractivity contribution < 1.29 is 0 Å². The van der Waals surface area contributed by atoms with E-state index in [1.54, 1.807) is 0 Å². The summed E-state index contributed by atoms with van der Waals surface area (Å²) in [5.41, 5.74) is 2.78. The summed E-state index contributed by atoms with van der Waals surface area (Å²) in [7, 11) is 0. The summed E-state index contributed by atoms with van der Waals surface area (Å²) >= 11 is 0. The van der Waals surface area contributed by atoms with Crippen LogP contribution in [0.15, 0.2) is 24.3 Å². The maximum atomic E-state index is 3.37. The number of nitrogens with one attached hydrogen (secondary N) is 1. The summed E-state index contributed by atoms with van der Waals surface area (Å²) in [5.74, 6) is 0. The van der Waals surface area contributed by atoms with Gasteiger partial charge in [-0.25, -0.2) is 0 Å². The minimum Gasteiger partial charge on any atom is -0.371 e. The van der Waals surface area contributed by atoms with Crippen molar-refractivity contribution in [3.05, 3.63) is 29.8 Å². The largest absolute Gasteiger partial charge is 0.371 e. The van der Waals surface area contributed by atoms with Crippen LogP contribution >= 0.6 is 0 Å². The van der Waals surface area contributed by atoms with Crippen LogP contribution in [0.3, 0.4) is 0 Å². The molecule has 1 N–H and O–H groups in total. The Kier molecular flexibility index (Phi) is 6.71. The number of aryl methyl sites for hydroxylation is 1. The Hall–Kier alpha value is -1.02. The van der Waals surface area contributed by atoms with Crippen molar-refractivity contribution in [3.8, 4) is 0 Å². The maximum absolute atomic E-state index is 3.37. The number of nitrogens with zero attached hydrogens (tertiary/aromatic N) is 1. The van der Waals surface area contributed by atoms with E-state index in [1.807, 2.05) is 0 Å². The molecule has 0 atom stereocenters. The van der Waals surface area contributed by atoms with Crippen molar-refractivity contribution in [3.63, 3.8) is 0 Å². The van der Waals surface area contributed by atoms with Gasteiger partial charge in [-0.1, -0.05) is 32.4 Å². The number of likely N-dealkylation sites (N-methyl/N-ethyl adjacent to an activating group) is 2. The molecule has 0 unspecified atom stereocenters. The second-order valence-corrected chi connectivity index (χ2v) is 4.35. The highest BCUT2D eigenvalue weighted by Gasteiger charge is 2.03. The Morgan fingerprint density at radius 2 is 1.76 bits per heavy atom. The average molecular weight is 234 g/mol. The third-order valence-corrected chi connectivity index (χ3v) is 3.03. The van der Waals surface area contributed by atoms with Gasteiger partial charge in [-0.05, 0) is 37.6 Å². The number of hydrogen-bond donors (Lipinski definition) is 1. The Balaban J connectivity index is 2.55. The predicted octanol–water partition coefficient (Wildman–Crippen LogP) is 3.07. The van der Waals surface area contributed by atoms with Gasteiger partial charge in [0.1, 0.15) is 0 Å². The van der Waals surface area contributed by atoms with E-state index in [2.05, 4.69) is 55.3 Å². The standard InChI is InChI=1S/C15H26N2/c1-4-7-14-8-10-15(11-9-14)17(6-3)13-12-16-5-2/h8-11,16H,4-7,12-13H2,1-3H3. The molecule has 0 heterocycles. The first-order valence-electron chi connectivity index (χ1n) is 6.86. The maximum Gasteiger partial charge on any atom is 0.0366 e. The lowest BCUT2D eigenvalue weighted by Gasteiger charge is -2.23. The summed E-state index contributed by atoms with van der Waals surface area (Å²) in [6.45, 7) is 10.8. The molecule has 0 aliphatic rings. The zero-order chi connectivity index (χ0) is 12.5. The summed E-state index contributed by atoms with van der Waals surface area (Å²) in [6, 6.07) is 9.02. The molecule has 96 valence electrons. The molecule has 0 saturated heterocycles. The molecule has 1 aromatic rings. The highest BCUT2D eigenvalue weighted by molar-refractivity contribution is 5.47. The van der Waals surface area contributed by atoms with Crippen LogP contribution in [0.25, 0.3) is 0 Å². The van der Waals surface area contributed by atoms with Crippen molar-refractivity contribution in [2.45, 2.75) is 33.6 Å². The predicted molar refractivity (Wildman–Crippen MR) is 76.9 cm³/mol. The van der Waals surface area contributed by atoms with Crippen LogP contribution in [0.5, 0.6) is 0 Å². The molecule has 0 amide bonds. The third kappa shape index (κ3) is 4.78. The average Bonchev–Trinajstić information content (AvgIpc) is 2.36. The minimum atomic E-state index is 1.05. The van der Waals surface area contributed by atoms with E-state index in [-0.39, 0.29) is 0 Å². The molecule has 0 aliphatic heterocycles. The fourth-order valence-corrected chi connectivity index (χ4v) is 2.02. The lowest BCUT2D eigenvalue weighted by molar-refractivity contribution is 0.688. The van der Waals surface area contributed by atoms with Crippen LogP contribution in [-0.2, 0) is 6.42 Å². The van der Waals surface area contributed by atoms with Crippen LogP contribution in [0.1, 0.15) is 32.8 Å². The van der Waals surface area contributed by atoms with Crippen molar-refractivity contribution in [1.82, 2.24) is 5.32 Å². The lowest BCUT2D eigenvalue weighted by Crippen LogP contribution is -2.31. The Bertz CT molecular complexity index is 292. The smallest absolute Gasteiger partial charge is 0.0366 e. The van der Waals surface area contributed by atoms with E-state index in [0.717, 1.165) is 26.2 Å². The number of rotatable bonds is 8. The highest BCUT2D eigenvalue weighted by atomic mass is 15.1. The topological polar surface area (TPSA) is 15.3 Å². The molecule has 0 saturated carbocycles. The van der Waals surface area contributed by atoms with Crippen LogP contribution in [-0.4, -0.2) is 26.2 Å². The van der Waals surface area contributed by atoms with E-state index in [9.17, 15) is 0 Å². The summed E-state index contributed by atoms with van der Waals surface area (Å²) in [6.07, 6.45) is 2.40. The zero-order valence-electron chi connectivity index (χ0n) is 11.5. The van der Waals surface area contributed by atoms with Gasteiger partial charge in [0.25, 0.3) is 0 Å². The summed E-state index contributed by atoms with van der Waals surface area (Å²) in [4.78, 5) is 2.42. The first kappa shape index (κ1) is 14.0. The molecule has 17 heavy (non-hydrogen) atoms. The molecular weight excluding hydrogens is 208 g/mol. The first-order valence-corrected chi connectivity index (χ1v) is 6.86. The van der Waals surface area contributed by atoms with Crippen LogP contribution < -0.4 is 10.2 Å². The van der Waals surface area contributed by atoms with Gasteiger partial charge in [-0.3, -0.25) is 0 Å². The molecule has 1 aromatic carbocycles. The van der Waals surface area contributed by atoms with E-state index < -0.39 is 0 Å². The SMILES string of the molecule is CCCc1ccc(N(CC)CCNCC)cc1. The normalized spacial score (nSPS) is 10.5. The Labute approximate surface area is 106 Å². The van der Waals surface area contributed by atoms with Gasteiger partial charge in [0.05, 0.1) is 0 Å². The van der Waals surface area contributed by atoms with Crippen molar-refractivity contribution in [2.75, 3.05) is 31.1 Å². The quantitative estimate of drug-likeness (QED) is 0.695. The second-order valence-electron chi connectivity index (χ2n) is 4.35. The number of benzene rings is 1. The fourth-order valence-electron chi connectivity index (χ4n) is 2.02. The van der Waals surface area contributed by atoms with Gasteiger partial charge in [0.2, 0.25) is 0 Å². The molecule has 1 rings (SSSR count). The highest BCUT2D eigenvalue weighted by Crippen LogP contribution is 2.15. The second kappa shape index (κ2) is 8.13. The molecule has 0 radical (unpaired) electrons. The lowest BCUT2D eigenvalue weighted by atomic mass is 10.1. The molecule has 2 heteroatoms.